The van der Waals surface area contributed by atoms with E-state index in [1.54, 1.807) is 6.07 Å². The van der Waals surface area contributed by atoms with E-state index < -0.39 is 51.8 Å². The first-order valence-electron chi connectivity index (χ1n) is 19.6. The lowest BCUT2D eigenvalue weighted by atomic mass is 9.80. The molecule has 0 radical (unpaired) electrons. The first kappa shape index (κ1) is 49.8. The number of ether oxygens (including phenoxy) is 2. The van der Waals surface area contributed by atoms with Crippen LogP contribution in [0.15, 0.2) is 109 Å². The summed E-state index contributed by atoms with van der Waals surface area (Å²) in [4.78, 5) is 0. The average Bonchev–Trinajstić information content (AvgIpc) is 3.22. The van der Waals surface area contributed by atoms with E-state index in [2.05, 4.69) is 47.0 Å². The van der Waals surface area contributed by atoms with Crippen LogP contribution in [0, 0.1) is 37.1 Å². The lowest BCUT2D eigenvalue weighted by Crippen LogP contribution is -2.30. The molecule has 0 spiro atoms. The van der Waals surface area contributed by atoms with Crippen LogP contribution in [0.4, 0.5) is 30.7 Å². The Bertz CT molecular complexity index is 2540. The van der Waals surface area contributed by atoms with E-state index in [0.717, 1.165) is 78.3 Å². The van der Waals surface area contributed by atoms with Crippen molar-refractivity contribution in [3.63, 3.8) is 0 Å². The van der Waals surface area contributed by atoms with Crippen LogP contribution in [-0.4, -0.2) is 45.3 Å². The van der Waals surface area contributed by atoms with Gasteiger partial charge >= 0.3 is 22.7 Å². The molecule has 2 N–H and O–H groups in total. The highest BCUT2D eigenvalue weighted by atomic mass is 32.2. The standard InChI is InChI=1S/C23H22F2O.C17H17F3O3S.C7H7BF2O3/c1-4-5-16-6-8-17(9-7-16)18-10-11-20(15(2)12-18)19-13-21(24)23(26-3)22(25)14-19;1-3-4-13-5-7-14(8-6-13)15-9-10-16(12(2)11-15)23-24(21,22)17(18,19)20;1-13-7-5(9)2-4(8(11)12)3-6(7)10/h6-14H,4-5H2,1-3H3;5-11H,3-4H2,1-2H3;2-3,11-12H,1H3. The van der Waals surface area contributed by atoms with Crippen molar-refractivity contribution in [2.24, 2.45) is 0 Å². The van der Waals surface area contributed by atoms with Gasteiger partial charge in [-0.05, 0) is 124 Å². The number of alkyl halides is 3. The van der Waals surface area contributed by atoms with Gasteiger partial charge in [0.15, 0.2) is 34.8 Å². The maximum Gasteiger partial charge on any atom is 0.534 e. The average molecular weight is 899 g/mol. The van der Waals surface area contributed by atoms with Crippen molar-refractivity contribution in [1.82, 2.24) is 0 Å². The summed E-state index contributed by atoms with van der Waals surface area (Å²) < 4.78 is 126. The Balaban J connectivity index is 0.000000219. The molecule has 0 atom stereocenters. The molecule has 0 aliphatic heterocycles. The molecule has 0 saturated heterocycles. The van der Waals surface area contributed by atoms with Gasteiger partial charge in [0.05, 0.1) is 14.2 Å². The van der Waals surface area contributed by atoms with E-state index in [4.69, 9.17) is 14.8 Å². The molecular formula is C47H46BF7O7S. The molecule has 0 aromatic heterocycles. The number of halogens is 7. The van der Waals surface area contributed by atoms with E-state index in [-0.39, 0.29) is 17.0 Å². The second-order valence-electron chi connectivity index (χ2n) is 14.3. The topological polar surface area (TPSA) is 102 Å². The minimum atomic E-state index is -5.66. The fourth-order valence-electron chi connectivity index (χ4n) is 6.39. The van der Waals surface area contributed by atoms with E-state index in [1.165, 1.54) is 49.4 Å². The van der Waals surface area contributed by atoms with E-state index in [0.29, 0.717) is 11.1 Å². The summed E-state index contributed by atoms with van der Waals surface area (Å²) in [6.07, 6.45) is 4.22. The molecule has 0 fully saturated rings. The maximum atomic E-state index is 14.0. The monoisotopic (exact) mass is 898 g/mol. The first-order valence-corrected chi connectivity index (χ1v) is 21.0. The van der Waals surface area contributed by atoms with Crippen LogP contribution in [0.2, 0.25) is 0 Å². The SMILES string of the molecule is CCCc1ccc(-c2ccc(-c3cc(F)c(OC)c(F)c3)c(C)c2)cc1.CCCc1ccc(-c2ccc(OS(=O)(=O)C(F)(F)F)c(C)c2)cc1.COc1c(F)cc(B(O)O)cc1F. The Morgan fingerprint density at radius 3 is 1.32 bits per heavy atom. The van der Waals surface area contributed by atoms with Crippen LogP contribution in [0.1, 0.15) is 48.9 Å². The molecule has 0 unspecified atom stereocenters. The molecule has 0 heterocycles. The summed E-state index contributed by atoms with van der Waals surface area (Å²) in [5.74, 6) is -4.55. The summed E-state index contributed by atoms with van der Waals surface area (Å²) >= 11 is 0. The van der Waals surface area contributed by atoms with Crippen molar-refractivity contribution < 1.29 is 62.9 Å². The van der Waals surface area contributed by atoms with Crippen LogP contribution in [0.25, 0.3) is 33.4 Å². The van der Waals surface area contributed by atoms with E-state index in [1.807, 2.05) is 49.4 Å². The van der Waals surface area contributed by atoms with Crippen molar-refractivity contribution in [1.29, 1.82) is 0 Å². The van der Waals surface area contributed by atoms with Crippen LogP contribution in [-0.2, 0) is 23.0 Å². The highest BCUT2D eigenvalue weighted by Crippen LogP contribution is 2.34. The fourth-order valence-corrected chi connectivity index (χ4v) is 6.91. The van der Waals surface area contributed by atoms with Gasteiger partial charge in [-0.15, -0.1) is 0 Å². The Morgan fingerprint density at radius 2 is 0.952 bits per heavy atom. The van der Waals surface area contributed by atoms with Crippen molar-refractivity contribution in [2.75, 3.05) is 14.2 Å². The van der Waals surface area contributed by atoms with Crippen molar-refractivity contribution in [2.45, 2.75) is 58.9 Å². The Morgan fingerprint density at radius 1 is 0.556 bits per heavy atom. The van der Waals surface area contributed by atoms with Gasteiger partial charge in [0, 0.05) is 0 Å². The zero-order valence-corrected chi connectivity index (χ0v) is 36.1. The largest absolute Gasteiger partial charge is 0.534 e. The van der Waals surface area contributed by atoms with Crippen molar-refractivity contribution >= 4 is 22.7 Å². The van der Waals surface area contributed by atoms with Gasteiger partial charge < -0.3 is 23.7 Å². The third-order valence-corrected chi connectivity index (χ3v) is 10.5. The summed E-state index contributed by atoms with van der Waals surface area (Å²) in [6, 6.07) is 30.9. The molecule has 7 nitrogen and oxygen atoms in total. The smallest absolute Gasteiger partial charge is 0.491 e. The maximum absolute atomic E-state index is 14.0. The predicted octanol–water partition coefficient (Wildman–Crippen LogP) is 11.1. The van der Waals surface area contributed by atoms with Gasteiger partial charge in [-0.2, -0.15) is 21.6 Å². The number of rotatable bonds is 12. The number of methoxy groups -OCH3 is 2. The molecule has 0 saturated carbocycles. The normalized spacial score (nSPS) is 11.2. The molecule has 0 aliphatic carbocycles. The third-order valence-electron chi connectivity index (χ3n) is 9.57. The van der Waals surface area contributed by atoms with Crippen molar-refractivity contribution in [3.05, 3.63) is 155 Å². The number of benzene rings is 6. The minimum Gasteiger partial charge on any atom is -0.491 e. The number of aryl methyl sites for hydroxylation is 4. The van der Waals surface area contributed by atoms with Crippen LogP contribution < -0.4 is 19.1 Å². The lowest BCUT2D eigenvalue weighted by Gasteiger charge is -2.12. The summed E-state index contributed by atoms with van der Waals surface area (Å²) in [5.41, 5.74) is 3.28. The van der Waals surface area contributed by atoms with Crippen LogP contribution >= 0.6 is 0 Å². The van der Waals surface area contributed by atoms with Gasteiger partial charge in [0.25, 0.3) is 0 Å². The molecule has 0 bridgehead atoms. The zero-order valence-electron chi connectivity index (χ0n) is 35.3. The molecule has 6 aromatic carbocycles. The Kier molecular flexibility index (Phi) is 17.4. The quantitative estimate of drug-likeness (QED) is 0.0546. The molecule has 0 amide bonds. The number of hydrogen-bond donors (Lipinski definition) is 2. The van der Waals surface area contributed by atoms with E-state index in [9.17, 15) is 39.2 Å². The Labute approximate surface area is 363 Å². The third kappa shape index (κ3) is 13.1. The van der Waals surface area contributed by atoms with Crippen LogP contribution in [0.3, 0.4) is 0 Å². The van der Waals surface area contributed by atoms with Gasteiger partial charge in [0.1, 0.15) is 5.75 Å². The zero-order chi connectivity index (χ0) is 46.6. The second-order valence-corrected chi connectivity index (χ2v) is 15.8. The van der Waals surface area contributed by atoms with E-state index >= 15 is 0 Å². The molecule has 334 valence electrons. The summed E-state index contributed by atoms with van der Waals surface area (Å²) in [5, 5.41) is 17.2. The highest BCUT2D eigenvalue weighted by Gasteiger charge is 2.48. The number of hydrogen-bond acceptors (Lipinski definition) is 7. The van der Waals surface area contributed by atoms with Crippen LogP contribution in [0.5, 0.6) is 17.2 Å². The minimum absolute atomic E-state index is 0.254. The molecular weight excluding hydrogens is 852 g/mol. The highest BCUT2D eigenvalue weighted by molar-refractivity contribution is 7.88. The Hall–Kier alpha value is -5.84. The van der Waals surface area contributed by atoms with Gasteiger partial charge in [0.2, 0.25) is 0 Å². The second kappa shape index (κ2) is 22.0. The van der Waals surface area contributed by atoms with Crippen molar-refractivity contribution in [3.8, 4) is 50.6 Å². The lowest BCUT2D eigenvalue weighted by molar-refractivity contribution is -0.0500. The van der Waals surface area contributed by atoms with Gasteiger partial charge in [-0.3, -0.25) is 0 Å². The summed E-state index contributed by atoms with van der Waals surface area (Å²) in [6.45, 7) is 7.70. The fraction of sp³-hybridized carbons (Fsp3) is 0.234. The summed E-state index contributed by atoms with van der Waals surface area (Å²) in [7, 11) is -5.18. The molecule has 63 heavy (non-hydrogen) atoms. The molecule has 6 aromatic rings. The first-order chi connectivity index (χ1) is 29.7. The van der Waals surface area contributed by atoms with Gasteiger partial charge in [-0.1, -0.05) is 99.5 Å². The van der Waals surface area contributed by atoms with Gasteiger partial charge in [-0.25, -0.2) is 17.6 Å². The predicted molar refractivity (Wildman–Crippen MR) is 231 cm³/mol. The molecule has 6 rings (SSSR count). The molecule has 0 aliphatic rings. The molecule has 16 heteroatoms.